The van der Waals surface area contributed by atoms with Crippen molar-refractivity contribution in [3.05, 3.63) is 34.3 Å². The van der Waals surface area contributed by atoms with E-state index in [0.29, 0.717) is 5.92 Å². The molecule has 0 heterocycles. The number of hydrogen-bond donors (Lipinski definition) is 1. The highest BCUT2D eigenvalue weighted by Crippen LogP contribution is 2.32. The van der Waals surface area contributed by atoms with E-state index in [4.69, 9.17) is 10.5 Å². The fourth-order valence-electron chi connectivity index (χ4n) is 1.51. The third-order valence-corrected chi connectivity index (χ3v) is 3.50. The Labute approximate surface area is 103 Å². The van der Waals surface area contributed by atoms with E-state index in [9.17, 15) is 4.79 Å². The number of esters is 1. The molecule has 0 aromatic heterocycles. The highest BCUT2D eigenvalue weighted by Gasteiger charge is 2.34. The van der Waals surface area contributed by atoms with Crippen molar-refractivity contribution in [1.82, 2.24) is 0 Å². The SMILES string of the molecule is NC(C(=O)OCc1ccccc1Br)C1CC1. The van der Waals surface area contributed by atoms with Gasteiger partial charge in [0.05, 0.1) is 0 Å². The maximum atomic E-state index is 11.5. The Morgan fingerprint density at radius 2 is 2.19 bits per heavy atom. The van der Waals surface area contributed by atoms with Crippen molar-refractivity contribution in [3.8, 4) is 0 Å². The summed E-state index contributed by atoms with van der Waals surface area (Å²) in [6.45, 7) is 0.278. The number of rotatable bonds is 4. The summed E-state index contributed by atoms with van der Waals surface area (Å²) >= 11 is 3.40. The van der Waals surface area contributed by atoms with Crippen LogP contribution >= 0.6 is 15.9 Å². The monoisotopic (exact) mass is 283 g/mol. The van der Waals surface area contributed by atoms with Gasteiger partial charge in [0.25, 0.3) is 0 Å². The van der Waals surface area contributed by atoms with Crippen LogP contribution in [0.25, 0.3) is 0 Å². The second kappa shape index (κ2) is 4.97. The fraction of sp³-hybridized carbons (Fsp3) is 0.417. The van der Waals surface area contributed by atoms with Crippen LogP contribution in [0.15, 0.2) is 28.7 Å². The molecule has 1 aliphatic rings. The molecule has 0 bridgehead atoms. The molecule has 1 aliphatic carbocycles. The van der Waals surface area contributed by atoms with Crippen LogP contribution in [0.2, 0.25) is 0 Å². The van der Waals surface area contributed by atoms with Crippen molar-refractivity contribution in [3.63, 3.8) is 0 Å². The second-order valence-electron chi connectivity index (χ2n) is 4.06. The molecule has 0 aliphatic heterocycles. The molecule has 2 N–H and O–H groups in total. The van der Waals surface area contributed by atoms with Crippen LogP contribution in [0.4, 0.5) is 0 Å². The van der Waals surface area contributed by atoms with Gasteiger partial charge in [0.1, 0.15) is 12.6 Å². The molecule has 4 heteroatoms. The molecular weight excluding hydrogens is 270 g/mol. The molecule has 0 amide bonds. The molecule has 1 fully saturated rings. The Bertz CT molecular complexity index is 390. The first-order chi connectivity index (χ1) is 7.68. The third-order valence-electron chi connectivity index (χ3n) is 2.73. The molecule has 0 radical (unpaired) electrons. The molecule has 3 nitrogen and oxygen atoms in total. The summed E-state index contributed by atoms with van der Waals surface area (Å²) < 4.78 is 6.13. The lowest BCUT2D eigenvalue weighted by molar-refractivity contribution is -0.147. The minimum Gasteiger partial charge on any atom is -0.460 e. The summed E-state index contributed by atoms with van der Waals surface area (Å²) in [5, 5.41) is 0. The molecule has 0 saturated heterocycles. The van der Waals surface area contributed by atoms with E-state index in [0.717, 1.165) is 22.9 Å². The number of ether oxygens (including phenoxy) is 1. The largest absolute Gasteiger partial charge is 0.460 e. The molecular formula is C12H14BrNO2. The maximum absolute atomic E-state index is 11.5. The van der Waals surface area contributed by atoms with Gasteiger partial charge in [-0.3, -0.25) is 4.79 Å². The molecule has 16 heavy (non-hydrogen) atoms. The van der Waals surface area contributed by atoms with Crippen molar-refractivity contribution in [2.45, 2.75) is 25.5 Å². The molecule has 1 atom stereocenters. The van der Waals surface area contributed by atoms with Crippen LogP contribution in [0, 0.1) is 5.92 Å². The quantitative estimate of drug-likeness (QED) is 0.863. The highest BCUT2D eigenvalue weighted by molar-refractivity contribution is 9.10. The molecule has 1 unspecified atom stereocenters. The fourth-order valence-corrected chi connectivity index (χ4v) is 1.91. The molecule has 1 aromatic rings. The van der Waals surface area contributed by atoms with Gasteiger partial charge in [-0.2, -0.15) is 0 Å². The van der Waals surface area contributed by atoms with Gasteiger partial charge in [0.15, 0.2) is 0 Å². The number of carbonyl (C=O) groups is 1. The Hall–Kier alpha value is -0.870. The Morgan fingerprint density at radius 3 is 2.81 bits per heavy atom. The average molecular weight is 284 g/mol. The lowest BCUT2D eigenvalue weighted by Crippen LogP contribution is -2.34. The summed E-state index contributed by atoms with van der Waals surface area (Å²) in [4.78, 5) is 11.5. The number of carbonyl (C=O) groups excluding carboxylic acids is 1. The van der Waals surface area contributed by atoms with E-state index < -0.39 is 6.04 Å². The minimum atomic E-state index is -0.442. The number of nitrogens with two attached hydrogens (primary N) is 1. The standard InChI is InChI=1S/C12H14BrNO2/c13-10-4-2-1-3-9(10)7-16-12(15)11(14)8-5-6-8/h1-4,8,11H,5-7,14H2. The molecule has 0 spiro atoms. The van der Waals surface area contributed by atoms with E-state index in [1.807, 2.05) is 24.3 Å². The van der Waals surface area contributed by atoms with Gasteiger partial charge in [0, 0.05) is 10.0 Å². The summed E-state index contributed by atoms with van der Waals surface area (Å²) in [5.74, 6) is 0.0463. The summed E-state index contributed by atoms with van der Waals surface area (Å²) in [5.41, 5.74) is 6.70. The number of halogens is 1. The smallest absolute Gasteiger partial charge is 0.323 e. The molecule has 2 rings (SSSR count). The van der Waals surface area contributed by atoms with Crippen LogP contribution in [-0.2, 0) is 16.1 Å². The zero-order chi connectivity index (χ0) is 11.5. The summed E-state index contributed by atoms with van der Waals surface area (Å²) in [6.07, 6.45) is 2.09. The van der Waals surface area contributed by atoms with Crippen molar-refractivity contribution in [1.29, 1.82) is 0 Å². The lowest BCUT2D eigenvalue weighted by Gasteiger charge is -2.11. The van der Waals surface area contributed by atoms with Crippen molar-refractivity contribution in [2.75, 3.05) is 0 Å². The van der Waals surface area contributed by atoms with E-state index in [1.165, 1.54) is 0 Å². The predicted octanol–water partition coefficient (Wildman–Crippen LogP) is 2.23. The van der Waals surface area contributed by atoms with Crippen LogP contribution < -0.4 is 5.73 Å². The van der Waals surface area contributed by atoms with Gasteiger partial charge in [-0.05, 0) is 24.8 Å². The average Bonchev–Trinajstić information content (AvgIpc) is 3.10. The summed E-state index contributed by atoms with van der Waals surface area (Å²) in [7, 11) is 0. The van der Waals surface area contributed by atoms with Crippen molar-refractivity contribution >= 4 is 21.9 Å². The second-order valence-corrected chi connectivity index (χ2v) is 4.92. The molecule has 86 valence electrons. The van der Waals surface area contributed by atoms with Gasteiger partial charge in [-0.1, -0.05) is 34.1 Å². The van der Waals surface area contributed by atoms with Gasteiger partial charge < -0.3 is 10.5 Å². The van der Waals surface area contributed by atoms with Gasteiger partial charge in [-0.15, -0.1) is 0 Å². The van der Waals surface area contributed by atoms with Crippen LogP contribution in [0.3, 0.4) is 0 Å². The van der Waals surface area contributed by atoms with E-state index in [-0.39, 0.29) is 12.6 Å². The van der Waals surface area contributed by atoms with Crippen LogP contribution in [-0.4, -0.2) is 12.0 Å². The molecule has 1 aromatic carbocycles. The van der Waals surface area contributed by atoms with E-state index in [2.05, 4.69) is 15.9 Å². The van der Waals surface area contributed by atoms with Gasteiger partial charge in [0.2, 0.25) is 0 Å². The zero-order valence-electron chi connectivity index (χ0n) is 8.86. The van der Waals surface area contributed by atoms with Gasteiger partial charge in [-0.25, -0.2) is 0 Å². The first-order valence-electron chi connectivity index (χ1n) is 5.34. The first kappa shape index (κ1) is 11.6. The minimum absolute atomic E-state index is 0.278. The Balaban J connectivity index is 1.87. The summed E-state index contributed by atoms with van der Waals surface area (Å²) in [6, 6.07) is 7.23. The highest BCUT2D eigenvalue weighted by atomic mass is 79.9. The Kier molecular flexibility index (Phi) is 3.61. The number of hydrogen-bond acceptors (Lipinski definition) is 3. The van der Waals surface area contributed by atoms with E-state index in [1.54, 1.807) is 0 Å². The lowest BCUT2D eigenvalue weighted by atomic mass is 10.2. The number of benzene rings is 1. The topological polar surface area (TPSA) is 52.3 Å². The van der Waals surface area contributed by atoms with Crippen LogP contribution in [0.5, 0.6) is 0 Å². The maximum Gasteiger partial charge on any atom is 0.323 e. The first-order valence-corrected chi connectivity index (χ1v) is 6.13. The zero-order valence-corrected chi connectivity index (χ0v) is 10.4. The van der Waals surface area contributed by atoms with Gasteiger partial charge >= 0.3 is 5.97 Å². The predicted molar refractivity (Wildman–Crippen MR) is 64.6 cm³/mol. The Morgan fingerprint density at radius 1 is 1.50 bits per heavy atom. The normalized spacial score (nSPS) is 16.9. The van der Waals surface area contributed by atoms with Crippen LogP contribution in [0.1, 0.15) is 18.4 Å². The van der Waals surface area contributed by atoms with E-state index >= 15 is 0 Å². The molecule has 1 saturated carbocycles. The van der Waals surface area contributed by atoms with Crippen molar-refractivity contribution in [2.24, 2.45) is 11.7 Å². The van der Waals surface area contributed by atoms with Crippen molar-refractivity contribution < 1.29 is 9.53 Å². The third kappa shape index (κ3) is 2.83.